The summed E-state index contributed by atoms with van der Waals surface area (Å²) in [4.78, 5) is 0. The molecule has 0 amide bonds. The highest BCUT2D eigenvalue weighted by Gasteiger charge is 2.39. The molecule has 2 nitrogen and oxygen atoms in total. The molecule has 0 aliphatic heterocycles. The largest absolute Gasteiger partial charge is 0.407 e. The van der Waals surface area contributed by atoms with E-state index in [1.54, 1.807) is 48.5 Å². The van der Waals surface area contributed by atoms with Gasteiger partial charge in [-0.15, -0.1) is 0 Å². The molecule has 0 aromatic heterocycles. The molecule has 128 valence electrons. The van der Waals surface area contributed by atoms with Gasteiger partial charge in [0.25, 0.3) is 0 Å². The van der Waals surface area contributed by atoms with Crippen LogP contribution in [0.15, 0.2) is 66.7 Å². The second kappa shape index (κ2) is 8.66. The lowest BCUT2D eigenvalue weighted by molar-refractivity contribution is -0.147. The summed E-state index contributed by atoms with van der Waals surface area (Å²) in [6.45, 7) is 0.149. The van der Waals surface area contributed by atoms with Crippen molar-refractivity contribution in [1.82, 2.24) is 5.32 Å². The van der Waals surface area contributed by atoms with Gasteiger partial charge in [-0.3, -0.25) is 5.32 Å². The van der Waals surface area contributed by atoms with E-state index in [4.69, 9.17) is 4.74 Å². The van der Waals surface area contributed by atoms with E-state index >= 15 is 0 Å². The Morgan fingerprint density at radius 3 is 2.12 bits per heavy atom. The number of ether oxygens (including phenoxy) is 1. The molecule has 0 fully saturated rings. The summed E-state index contributed by atoms with van der Waals surface area (Å²) in [6.07, 6.45) is -1.78. The van der Waals surface area contributed by atoms with Gasteiger partial charge in [-0.05, 0) is 11.1 Å². The van der Waals surface area contributed by atoms with Gasteiger partial charge < -0.3 is 4.74 Å². The summed E-state index contributed by atoms with van der Waals surface area (Å²) in [5, 5.41) is 2.64. The Hall–Kier alpha value is -2.11. The normalized spacial score (nSPS) is 14.7. The zero-order valence-corrected chi connectivity index (χ0v) is 13.3. The molecule has 1 N–H and O–H groups in total. The fourth-order valence-electron chi connectivity index (χ4n) is 2.34. The van der Waals surface area contributed by atoms with Crippen LogP contribution in [-0.2, 0) is 4.74 Å². The molecule has 2 aromatic rings. The zero-order valence-electron chi connectivity index (χ0n) is 13.3. The molecule has 0 radical (unpaired) electrons. The van der Waals surface area contributed by atoms with Crippen molar-refractivity contribution in [3.05, 3.63) is 77.9 Å². The average molecular weight is 335 g/mol. The first-order valence-electron chi connectivity index (χ1n) is 7.60. The molecule has 2 rings (SSSR count). The Morgan fingerprint density at radius 1 is 1.00 bits per heavy atom. The van der Waals surface area contributed by atoms with E-state index < -0.39 is 18.3 Å². The summed E-state index contributed by atoms with van der Waals surface area (Å²) in [5.41, 5.74) is 1.47. The summed E-state index contributed by atoms with van der Waals surface area (Å²) in [7, 11) is 1.47. The topological polar surface area (TPSA) is 21.3 Å². The quantitative estimate of drug-likeness (QED) is 0.798. The lowest BCUT2D eigenvalue weighted by Crippen LogP contribution is -2.43. The second-order valence-electron chi connectivity index (χ2n) is 5.37. The number of rotatable bonds is 7. The SMILES string of the molecule is COC[C@H](NC(/C=C\c1ccccc1)C(F)(F)F)c1ccccc1. The third-order valence-corrected chi connectivity index (χ3v) is 3.55. The van der Waals surface area contributed by atoms with E-state index in [9.17, 15) is 13.2 Å². The van der Waals surface area contributed by atoms with Gasteiger partial charge >= 0.3 is 6.18 Å². The van der Waals surface area contributed by atoms with Crippen LogP contribution in [0.1, 0.15) is 17.2 Å². The van der Waals surface area contributed by atoms with Crippen molar-refractivity contribution in [1.29, 1.82) is 0 Å². The molecule has 0 heterocycles. The molecule has 24 heavy (non-hydrogen) atoms. The highest BCUT2D eigenvalue weighted by Crippen LogP contribution is 2.25. The summed E-state index contributed by atoms with van der Waals surface area (Å²) in [6, 6.07) is 15.6. The Morgan fingerprint density at radius 2 is 1.58 bits per heavy atom. The van der Waals surface area contributed by atoms with Crippen LogP contribution < -0.4 is 5.32 Å². The van der Waals surface area contributed by atoms with E-state index in [-0.39, 0.29) is 6.61 Å². The third kappa shape index (κ3) is 5.51. The molecule has 0 saturated heterocycles. The molecule has 0 bridgehead atoms. The number of nitrogens with one attached hydrogen (secondary N) is 1. The maximum atomic E-state index is 13.4. The van der Waals surface area contributed by atoms with Crippen molar-refractivity contribution in [3.63, 3.8) is 0 Å². The summed E-state index contributed by atoms with van der Waals surface area (Å²) < 4.78 is 45.2. The number of methoxy groups -OCH3 is 1. The van der Waals surface area contributed by atoms with Gasteiger partial charge in [0.2, 0.25) is 0 Å². The summed E-state index contributed by atoms with van der Waals surface area (Å²) >= 11 is 0. The molecule has 0 aliphatic carbocycles. The van der Waals surface area contributed by atoms with Gasteiger partial charge in [0.15, 0.2) is 0 Å². The van der Waals surface area contributed by atoms with Gasteiger partial charge in [0.05, 0.1) is 12.6 Å². The van der Waals surface area contributed by atoms with E-state index in [1.165, 1.54) is 13.2 Å². The molecular formula is C19H20F3NO. The fraction of sp³-hybridized carbons (Fsp3) is 0.263. The predicted octanol–water partition coefficient (Wildman–Crippen LogP) is 4.61. The Balaban J connectivity index is 2.19. The molecule has 0 aliphatic rings. The van der Waals surface area contributed by atoms with E-state index in [2.05, 4.69) is 5.32 Å². The number of hydrogen-bond acceptors (Lipinski definition) is 2. The van der Waals surface area contributed by atoms with Crippen LogP contribution in [0.3, 0.4) is 0 Å². The fourth-order valence-corrected chi connectivity index (χ4v) is 2.34. The Kier molecular flexibility index (Phi) is 6.58. The van der Waals surface area contributed by atoms with Crippen molar-refractivity contribution in [2.75, 3.05) is 13.7 Å². The first-order valence-corrected chi connectivity index (χ1v) is 7.60. The highest BCUT2D eigenvalue weighted by atomic mass is 19.4. The van der Waals surface area contributed by atoms with Crippen LogP contribution in [0.5, 0.6) is 0 Å². The van der Waals surface area contributed by atoms with Crippen molar-refractivity contribution in [3.8, 4) is 0 Å². The van der Waals surface area contributed by atoms with Gasteiger partial charge in [-0.2, -0.15) is 13.2 Å². The van der Waals surface area contributed by atoms with E-state index in [0.717, 1.165) is 17.2 Å². The Labute approximate surface area is 140 Å². The van der Waals surface area contributed by atoms with Gasteiger partial charge in [-0.1, -0.05) is 72.8 Å². The minimum absolute atomic E-state index is 0.149. The molecule has 5 heteroatoms. The number of alkyl halides is 3. The van der Waals surface area contributed by atoms with Crippen LogP contribution >= 0.6 is 0 Å². The van der Waals surface area contributed by atoms with E-state index in [1.807, 2.05) is 12.1 Å². The molecule has 2 atom stereocenters. The van der Waals surface area contributed by atoms with Crippen molar-refractivity contribution < 1.29 is 17.9 Å². The third-order valence-electron chi connectivity index (χ3n) is 3.55. The smallest absolute Gasteiger partial charge is 0.383 e. The standard InChI is InChI=1S/C19H20F3NO/c1-24-14-17(16-10-6-3-7-11-16)23-18(19(20,21)22)13-12-15-8-4-2-5-9-15/h2-13,17-18,23H,14H2,1H3/b13-12-/t17-,18?/m0/s1. The van der Waals surface area contributed by atoms with Crippen LogP contribution in [0, 0.1) is 0 Å². The monoisotopic (exact) mass is 335 g/mol. The summed E-state index contributed by atoms with van der Waals surface area (Å²) in [5.74, 6) is 0. The van der Waals surface area contributed by atoms with Crippen molar-refractivity contribution >= 4 is 6.08 Å². The van der Waals surface area contributed by atoms with Gasteiger partial charge in [0.1, 0.15) is 6.04 Å². The minimum atomic E-state index is -4.40. The minimum Gasteiger partial charge on any atom is -0.383 e. The molecule has 0 spiro atoms. The first-order chi connectivity index (χ1) is 11.5. The maximum absolute atomic E-state index is 13.4. The molecular weight excluding hydrogens is 315 g/mol. The van der Waals surface area contributed by atoms with Crippen LogP contribution in [0.4, 0.5) is 13.2 Å². The second-order valence-corrected chi connectivity index (χ2v) is 5.37. The van der Waals surface area contributed by atoms with Crippen LogP contribution in [0.25, 0.3) is 6.08 Å². The average Bonchev–Trinajstić information content (AvgIpc) is 2.58. The highest BCUT2D eigenvalue weighted by molar-refractivity contribution is 5.49. The molecule has 2 aromatic carbocycles. The number of hydrogen-bond donors (Lipinski definition) is 1. The number of benzene rings is 2. The first kappa shape index (κ1) is 18.2. The van der Waals surface area contributed by atoms with Crippen molar-refractivity contribution in [2.24, 2.45) is 0 Å². The maximum Gasteiger partial charge on any atom is 0.407 e. The van der Waals surface area contributed by atoms with Crippen LogP contribution in [-0.4, -0.2) is 25.9 Å². The van der Waals surface area contributed by atoms with E-state index in [0.29, 0.717) is 0 Å². The van der Waals surface area contributed by atoms with Crippen molar-refractivity contribution in [2.45, 2.75) is 18.3 Å². The zero-order chi connectivity index (χ0) is 17.4. The van der Waals surface area contributed by atoms with Gasteiger partial charge in [0, 0.05) is 7.11 Å². The molecule has 0 saturated carbocycles. The lowest BCUT2D eigenvalue weighted by Gasteiger charge is -2.25. The van der Waals surface area contributed by atoms with Crippen LogP contribution in [0.2, 0.25) is 0 Å². The van der Waals surface area contributed by atoms with Gasteiger partial charge in [-0.25, -0.2) is 0 Å². The molecule has 1 unspecified atom stereocenters. The predicted molar refractivity (Wildman–Crippen MR) is 89.5 cm³/mol. The Bertz CT molecular complexity index is 626. The lowest BCUT2D eigenvalue weighted by atomic mass is 10.1. The number of halogens is 3.